The summed E-state index contributed by atoms with van der Waals surface area (Å²) in [5.74, 6) is 0.898. The molecule has 63 heavy (non-hydrogen) atoms. The number of aryl methyl sites for hydroxylation is 2. The van der Waals surface area contributed by atoms with Gasteiger partial charge in [0.25, 0.3) is 0 Å². The second-order valence-corrected chi connectivity index (χ2v) is 19.7. The molecule has 2 heterocycles. The SMILES string of the molecule is CCCCCc1oc(CCCCCCCCC(=O)OC[C@H](COP(=O)(O)OCC[N+](C)(C)C)OC(=O)CCC/C=C\C[C@H]2[C@@H](O)CC(O)O[C@@H]2/C=C/[C@@H](O)CCCCC)c(C)c1C. The molecule has 0 aromatic carbocycles. The third kappa shape index (κ3) is 25.8. The van der Waals surface area contributed by atoms with E-state index in [1.165, 1.54) is 24.0 Å². The van der Waals surface area contributed by atoms with E-state index in [0.29, 0.717) is 43.1 Å². The number of rotatable bonds is 35. The van der Waals surface area contributed by atoms with Gasteiger partial charge in [0, 0.05) is 38.0 Å². The molecule has 0 spiro atoms. The number of phosphoric acid groups is 1. The van der Waals surface area contributed by atoms with E-state index in [1.807, 2.05) is 33.3 Å². The van der Waals surface area contributed by atoms with Crippen molar-refractivity contribution < 1.29 is 66.5 Å². The number of nitrogens with zero attached hydrogens (tertiary/aromatic N) is 1. The maximum absolute atomic E-state index is 12.9. The average Bonchev–Trinajstić information content (AvgIpc) is 3.48. The van der Waals surface area contributed by atoms with Crippen molar-refractivity contribution >= 4 is 19.8 Å². The van der Waals surface area contributed by atoms with Crippen LogP contribution in [0.25, 0.3) is 0 Å². The van der Waals surface area contributed by atoms with Gasteiger partial charge in [0.15, 0.2) is 12.4 Å². The Morgan fingerprint density at radius 2 is 1.44 bits per heavy atom. The van der Waals surface area contributed by atoms with Gasteiger partial charge in [0.2, 0.25) is 0 Å². The normalized spacial score (nSPS) is 20.3. The standard InChI is InChI=1S/C48H84NO13P/c1-8-10-18-24-39(50)30-31-45-41(42(51)34-48(54)62-45)25-20-16-17-23-29-47(53)60-40(36-59-63(55,56)58-33-32-49(5,6)7)35-57-46(52)28-22-15-13-12-14-21-27-44-38(4)37(3)43(61-44)26-19-11-9-2/h16,20,30-31,39-42,45,48,50-51,54H,8-15,17-19,21-29,32-36H2,1-7H3/p+1/b20-16-,31-30+/t39-,40+,41-,42-,45+,48?/m0/s1. The van der Waals surface area contributed by atoms with Crippen LogP contribution in [0.2, 0.25) is 0 Å². The molecule has 2 unspecified atom stereocenters. The van der Waals surface area contributed by atoms with Gasteiger partial charge >= 0.3 is 19.8 Å². The van der Waals surface area contributed by atoms with Crippen molar-refractivity contribution in [1.82, 2.24) is 0 Å². The van der Waals surface area contributed by atoms with Crippen molar-refractivity contribution in [3.05, 3.63) is 47.0 Å². The third-order valence-electron chi connectivity index (χ3n) is 11.5. The topological polar surface area (TPSA) is 191 Å². The number of furan rings is 1. The number of carbonyl (C=O) groups excluding carboxylic acids is 2. The lowest BCUT2D eigenvalue weighted by atomic mass is 9.87. The molecule has 1 aromatic rings. The number of aliphatic hydroxyl groups is 3. The van der Waals surface area contributed by atoms with Gasteiger partial charge in [-0.25, -0.2) is 4.57 Å². The summed E-state index contributed by atoms with van der Waals surface area (Å²) >= 11 is 0. The number of hydrogen-bond acceptors (Lipinski definition) is 12. The molecular weight excluding hydrogens is 829 g/mol. The number of esters is 2. The minimum atomic E-state index is -4.47. The first-order valence-electron chi connectivity index (χ1n) is 23.8. The summed E-state index contributed by atoms with van der Waals surface area (Å²) in [6, 6.07) is 0. The highest BCUT2D eigenvalue weighted by Gasteiger charge is 2.35. The molecule has 15 heteroatoms. The van der Waals surface area contributed by atoms with E-state index >= 15 is 0 Å². The van der Waals surface area contributed by atoms with E-state index in [1.54, 1.807) is 12.2 Å². The molecule has 1 aliphatic heterocycles. The van der Waals surface area contributed by atoms with Crippen molar-refractivity contribution in [2.45, 2.75) is 193 Å². The number of unbranched alkanes of at least 4 members (excludes halogenated alkanes) is 10. The quantitative estimate of drug-likeness (QED) is 0.0166. The molecule has 7 atom stereocenters. The summed E-state index contributed by atoms with van der Waals surface area (Å²) in [6.07, 6.45) is 19.7. The number of carbonyl (C=O) groups is 2. The molecule has 2 rings (SSSR count). The van der Waals surface area contributed by atoms with Gasteiger partial charge in [-0.15, -0.1) is 0 Å². The van der Waals surface area contributed by atoms with E-state index < -0.39 is 57.1 Å². The minimum absolute atomic E-state index is 0.0259. The first-order chi connectivity index (χ1) is 29.9. The molecule has 0 amide bonds. The van der Waals surface area contributed by atoms with Crippen LogP contribution in [0.4, 0.5) is 0 Å². The van der Waals surface area contributed by atoms with Crippen LogP contribution in [0, 0.1) is 19.8 Å². The van der Waals surface area contributed by atoms with Crippen LogP contribution in [0.5, 0.6) is 0 Å². The number of ether oxygens (including phenoxy) is 3. The van der Waals surface area contributed by atoms with Gasteiger partial charge in [0.1, 0.15) is 31.3 Å². The van der Waals surface area contributed by atoms with Crippen LogP contribution < -0.4 is 0 Å². The lowest BCUT2D eigenvalue weighted by Gasteiger charge is -2.36. The van der Waals surface area contributed by atoms with Crippen LogP contribution in [0.1, 0.15) is 158 Å². The predicted molar refractivity (Wildman–Crippen MR) is 245 cm³/mol. The molecule has 0 saturated carbocycles. The fraction of sp³-hybridized carbons (Fsp3) is 0.792. The Kier molecular flexibility index (Phi) is 28.4. The summed E-state index contributed by atoms with van der Waals surface area (Å²) < 4.78 is 46.3. The molecule has 364 valence electrons. The van der Waals surface area contributed by atoms with Gasteiger partial charge in [-0.3, -0.25) is 18.6 Å². The Morgan fingerprint density at radius 3 is 2.11 bits per heavy atom. The van der Waals surface area contributed by atoms with Crippen LogP contribution in [-0.2, 0) is 50.3 Å². The van der Waals surface area contributed by atoms with Crippen molar-refractivity contribution in [3.8, 4) is 0 Å². The van der Waals surface area contributed by atoms with Gasteiger partial charge < -0.3 is 43.3 Å². The summed E-state index contributed by atoms with van der Waals surface area (Å²) in [5.41, 5.74) is 2.57. The van der Waals surface area contributed by atoms with E-state index in [4.69, 9.17) is 27.7 Å². The summed E-state index contributed by atoms with van der Waals surface area (Å²) in [6.45, 7) is 8.22. The van der Waals surface area contributed by atoms with E-state index in [2.05, 4.69) is 27.7 Å². The molecule has 4 N–H and O–H groups in total. The zero-order chi connectivity index (χ0) is 46.7. The van der Waals surface area contributed by atoms with Crippen LogP contribution >= 0.6 is 7.82 Å². The smallest absolute Gasteiger partial charge is 0.466 e. The largest absolute Gasteiger partial charge is 0.472 e. The number of quaternary nitrogens is 1. The van der Waals surface area contributed by atoms with Gasteiger partial charge in [0.05, 0.1) is 46.1 Å². The third-order valence-corrected chi connectivity index (χ3v) is 12.5. The molecular formula is C48H85NO13P+. The van der Waals surface area contributed by atoms with Gasteiger partial charge in [-0.1, -0.05) is 95.9 Å². The molecule has 0 radical (unpaired) electrons. The highest BCUT2D eigenvalue weighted by molar-refractivity contribution is 7.47. The average molecular weight is 915 g/mol. The fourth-order valence-corrected chi connectivity index (χ4v) is 8.09. The number of phosphoric ester groups is 1. The molecule has 1 aromatic heterocycles. The van der Waals surface area contributed by atoms with E-state index in [0.717, 1.165) is 82.1 Å². The van der Waals surface area contributed by atoms with Crippen molar-refractivity contribution in [2.75, 3.05) is 47.5 Å². The maximum Gasteiger partial charge on any atom is 0.472 e. The van der Waals surface area contributed by atoms with Crippen molar-refractivity contribution in [3.63, 3.8) is 0 Å². The Labute approximate surface area is 378 Å². The summed E-state index contributed by atoms with van der Waals surface area (Å²) in [5, 5.41) is 31.1. The fourth-order valence-electron chi connectivity index (χ4n) is 7.35. The molecule has 1 fully saturated rings. The Morgan fingerprint density at radius 1 is 0.825 bits per heavy atom. The van der Waals surface area contributed by atoms with Crippen LogP contribution in [0.15, 0.2) is 28.7 Å². The van der Waals surface area contributed by atoms with E-state index in [9.17, 15) is 34.4 Å². The van der Waals surface area contributed by atoms with E-state index in [-0.39, 0.29) is 38.4 Å². The molecule has 1 aliphatic rings. The van der Waals surface area contributed by atoms with Crippen molar-refractivity contribution in [2.24, 2.45) is 5.92 Å². The van der Waals surface area contributed by atoms with Gasteiger partial charge in [-0.2, -0.15) is 0 Å². The van der Waals surface area contributed by atoms with Crippen LogP contribution in [0.3, 0.4) is 0 Å². The summed E-state index contributed by atoms with van der Waals surface area (Å²) in [7, 11) is 1.28. The molecule has 14 nitrogen and oxygen atoms in total. The first kappa shape index (κ1) is 56.7. The molecule has 1 saturated heterocycles. The lowest BCUT2D eigenvalue weighted by Crippen LogP contribution is -2.43. The maximum atomic E-state index is 12.9. The second kappa shape index (κ2) is 31.5. The zero-order valence-electron chi connectivity index (χ0n) is 39.8. The van der Waals surface area contributed by atoms with Gasteiger partial charge in [-0.05, 0) is 69.9 Å². The Balaban J connectivity index is 1.80. The zero-order valence-corrected chi connectivity index (χ0v) is 40.7. The number of likely N-dealkylation sites (N-methyl/N-ethyl adjacent to an activating group) is 1. The number of hydrogen-bond donors (Lipinski definition) is 4. The van der Waals surface area contributed by atoms with Crippen LogP contribution in [-0.4, -0.2) is 115 Å². The molecule has 0 bridgehead atoms. The number of aliphatic hydroxyl groups excluding tert-OH is 3. The minimum Gasteiger partial charge on any atom is -0.466 e. The second-order valence-electron chi connectivity index (χ2n) is 18.3. The predicted octanol–water partition coefficient (Wildman–Crippen LogP) is 8.90. The highest BCUT2D eigenvalue weighted by Crippen LogP contribution is 2.43. The number of allylic oxidation sites excluding steroid dienone is 2. The van der Waals surface area contributed by atoms with Crippen molar-refractivity contribution in [1.29, 1.82) is 0 Å². The lowest BCUT2D eigenvalue weighted by molar-refractivity contribution is -0.870. The monoisotopic (exact) mass is 915 g/mol. The Bertz CT molecular complexity index is 1520. The first-order valence-corrected chi connectivity index (χ1v) is 25.3. The highest BCUT2D eigenvalue weighted by atomic mass is 31.2. The Hall–Kier alpha value is -2.39. The summed E-state index contributed by atoms with van der Waals surface area (Å²) in [4.78, 5) is 35.8. The molecule has 0 aliphatic carbocycles.